The van der Waals surface area contributed by atoms with Crippen LogP contribution in [0.3, 0.4) is 0 Å². The molecular weight excluding hydrogens is 250 g/mol. The van der Waals surface area contributed by atoms with Crippen LogP contribution in [0.5, 0.6) is 5.75 Å². The molecule has 1 aromatic carbocycles. The highest BCUT2D eigenvalue weighted by molar-refractivity contribution is 5.41. The monoisotopic (exact) mass is 277 g/mol. The van der Waals surface area contributed by atoms with Gasteiger partial charge in [-0.2, -0.15) is 0 Å². The van der Waals surface area contributed by atoms with Crippen molar-refractivity contribution in [1.29, 1.82) is 0 Å². The second-order valence-corrected chi connectivity index (χ2v) is 5.93. The Morgan fingerprint density at radius 1 is 1.45 bits per heavy atom. The van der Waals surface area contributed by atoms with Gasteiger partial charge in [0.1, 0.15) is 5.75 Å². The highest BCUT2D eigenvalue weighted by Crippen LogP contribution is 2.40. The molecule has 2 atom stereocenters. The predicted molar refractivity (Wildman–Crippen MR) is 82.4 cm³/mol. The van der Waals surface area contributed by atoms with Crippen LogP contribution < -0.4 is 10.1 Å². The SMILES string of the molecule is CCCNC1CCOC(C)(c2cc(C)ccc2OC)C1. The van der Waals surface area contributed by atoms with Crippen LogP contribution in [0.2, 0.25) is 0 Å². The summed E-state index contributed by atoms with van der Waals surface area (Å²) in [4.78, 5) is 0. The van der Waals surface area contributed by atoms with Crippen LogP contribution in [0.15, 0.2) is 18.2 Å². The van der Waals surface area contributed by atoms with Crippen molar-refractivity contribution in [1.82, 2.24) is 5.32 Å². The maximum Gasteiger partial charge on any atom is 0.124 e. The van der Waals surface area contributed by atoms with Crippen molar-refractivity contribution in [2.75, 3.05) is 20.3 Å². The molecule has 1 aromatic rings. The lowest BCUT2D eigenvalue weighted by atomic mass is 9.84. The van der Waals surface area contributed by atoms with E-state index >= 15 is 0 Å². The van der Waals surface area contributed by atoms with Gasteiger partial charge in [-0.25, -0.2) is 0 Å². The van der Waals surface area contributed by atoms with E-state index in [1.807, 2.05) is 6.07 Å². The molecule has 0 saturated carbocycles. The fraction of sp³-hybridized carbons (Fsp3) is 0.647. The van der Waals surface area contributed by atoms with Gasteiger partial charge in [-0.15, -0.1) is 0 Å². The van der Waals surface area contributed by atoms with Gasteiger partial charge >= 0.3 is 0 Å². The zero-order chi connectivity index (χ0) is 14.6. The largest absolute Gasteiger partial charge is 0.496 e. The van der Waals surface area contributed by atoms with Crippen molar-refractivity contribution in [3.63, 3.8) is 0 Å². The summed E-state index contributed by atoms with van der Waals surface area (Å²) in [5.74, 6) is 0.925. The van der Waals surface area contributed by atoms with E-state index in [-0.39, 0.29) is 5.60 Å². The molecule has 0 radical (unpaired) electrons. The van der Waals surface area contributed by atoms with Crippen LogP contribution >= 0.6 is 0 Å². The molecule has 1 saturated heterocycles. The lowest BCUT2D eigenvalue weighted by Gasteiger charge is -2.39. The van der Waals surface area contributed by atoms with Gasteiger partial charge in [0.25, 0.3) is 0 Å². The number of hydrogen-bond acceptors (Lipinski definition) is 3. The third kappa shape index (κ3) is 3.33. The molecule has 1 aliphatic heterocycles. The number of methoxy groups -OCH3 is 1. The van der Waals surface area contributed by atoms with Gasteiger partial charge in [-0.1, -0.05) is 18.6 Å². The fourth-order valence-corrected chi connectivity index (χ4v) is 3.00. The maximum atomic E-state index is 6.14. The van der Waals surface area contributed by atoms with E-state index in [0.29, 0.717) is 6.04 Å². The van der Waals surface area contributed by atoms with Gasteiger partial charge in [0.15, 0.2) is 0 Å². The van der Waals surface area contributed by atoms with E-state index in [1.54, 1.807) is 7.11 Å². The second kappa shape index (κ2) is 6.59. The number of rotatable bonds is 5. The van der Waals surface area contributed by atoms with E-state index in [1.165, 1.54) is 17.5 Å². The van der Waals surface area contributed by atoms with E-state index in [2.05, 4.69) is 38.2 Å². The summed E-state index contributed by atoms with van der Waals surface area (Å²) < 4.78 is 11.7. The summed E-state index contributed by atoms with van der Waals surface area (Å²) in [6.07, 6.45) is 3.25. The van der Waals surface area contributed by atoms with Crippen molar-refractivity contribution in [3.8, 4) is 5.75 Å². The number of aryl methyl sites for hydroxylation is 1. The van der Waals surface area contributed by atoms with Gasteiger partial charge in [0.05, 0.1) is 12.7 Å². The van der Waals surface area contributed by atoms with Crippen LogP contribution in [-0.2, 0) is 10.3 Å². The van der Waals surface area contributed by atoms with Crippen LogP contribution in [0.1, 0.15) is 44.2 Å². The Morgan fingerprint density at radius 2 is 2.25 bits per heavy atom. The van der Waals surface area contributed by atoms with Gasteiger partial charge in [0, 0.05) is 18.2 Å². The first-order valence-corrected chi connectivity index (χ1v) is 7.61. The molecule has 0 spiro atoms. The molecule has 20 heavy (non-hydrogen) atoms. The first-order chi connectivity index (χ1) is 9.59. The molecule has 1 aliphatic rings. The van der Waals surface area contributed by atoms with Gasteiger partial charge in [-0.05, 0) is 51.8 Å². The minimum absolute atomic E-state index is 0.263. The number of ether oxygens (including phenoxy) is 2. The van der Waals surface area contributed by atoms with Crippen molar-refractivity contribution >= 4 is 0 Å². The molecule has 3 heteroatoms. The Hall–Kier alpha value is -1.06. The third-order valence-electron chi connectivity index (χ3n) is 4.13. The Morgan fingerprint density at radius 3 is 2.95 bits per heavy atom. The Bertz CT molecular complexity index is 447. The van der Waals surface area contributed by atoms with Crippen LogP contribution in [0.25, 0.3) is 0 Å². The average Bonchev–Trinajstić information content (AvgIpc) is 2.45. The maximum absolute atomic E-state index is 6.14. The zero-order valence-electron chi connectivity index (χ0n) is 13.2. The van der Waals surface area contributed by atoms with Gasteiger partial charge in [-0.3, -0.25) is 0 Å². The topological polar surface area (TPSA) is 30.5 Å². The minimum atomic E-state index is -0.263. The third-order valence-corrected chi connectivity index (χ3v) is 4.13. The zero-order valence-corrected chi connectivity index (χ0v) is 13.2. The minimum Gasteiger partial charge on any atom is -0.496 e. The summed E-state index contributed by atoms with van der Waals surface area (Å²) in [6, 6.07) is 6.85. The molecular formula is C17H27NO2. The lowest BCUT2D eigenvalue weighted by molar-refractivity contribution is -0.0822. The molecule has 0 aliphatic carbocycles. The van der Waals surface area contributed by atoms with Crippen molar-refractivity contribution in [2.24, 2.45) is 0 Å². The van der Waals surface area contributed by atoms with E-state index in [4.69, 9.17) is 9.47 Å². The van der Waals surface area contributed by atoms with E-state index in [0.717, 1.165) is 31.7 Å². The molecule has 0 aromatic heterocycles. The van der Waals surface area contributed by atoms with E-state index in [9.17, 15) is 0 Å². The standard InChI is InChI=1S/C17H27NO2/c1-5-9-18-14-8-10-20-17(3,12-14)15-11-13(2)6-7-16(15)19-4/h6-7,11,14,18H,5,8-10,12H2,1-4H3. The Kier molecular flexibility index (Phi) is 5.06. The lowest BCUT2D eigenvalue weighted by Crippen LogP contribution is -2.44. The summed E-state index contributed by atoms with van der Waals surface area (Å²) in [6.45, 7) is 8.38. The predicted octanol–water partition coefficient (Wildman–Crippen LogP) is 3.40. The number of nitrogens with one attached hydrogen (secondary N) is 1. The molecule has 0 amide bonds. The molecule has 2 rings (SSSR count). The highest BCUT2D eigenvalue weighted by Gasteiger charge is 2.36. The van der Waals surface area contributed by atoms with Crippen molar-refractivity contribution in [3.05, 3.63) is 29.3 Å². The number of hydrogen-bond donors (Lipinski definition) is 1. The highest BCUT2D eigenvalue weighted by atomic mass is 16.5. The molecule has 0 bridgehead atoms. The average molecular weight is 277 g/mol. The summed E-state index contributed by atoms with van der Waals surface area (Å²) in [7, 11) is 1.73. The smallest absolute Gasteiger partial charge is 0.124 e. The van der Waals surface area contributed by atoms with Crippen molar-refractivity contribution < 1.29 is 9.47 Å². The summed E-state index contributed by atoms with van der Waals surface area (Å²) >= 11 is 0. The van der Waals surface area contributed by atoms with Crippen molar-refractivity contribution in [2.45, 2.75) is 51.7 Å². The molecule has 2 unspecified atom stereocenters. The van der Waals surface area contributed by atoms with Gasteiger partial charge in [0.2, 0.25) is 0 Å². The van der Waals surface area contributed by atoms with Crippen LogP contribution in [-0.4, -0.2) is 26.3 Å². The Balaban J connectivity index is 2.22. The first kappa shape index (κ1) is 15.3. The fourth-order valence-electron chi connectivity index (χ4n) is 3.00. The van der Waals surface area contributed by atoms with Gasteiger partial charge < -0.3 is 14.8 Å². The summed E-state index contributed by atoms with van der Waals surface area (Å²) in [5.41, 5.74) is 2.15. The molecule has 112 valence electrons. The molecule has 3 nitrogen and oxygen atoms in total. The quantitative estimate of drug-likeness (QED) is 0.895. The Labute approximate surface area is 122 Å². The molecule has 1 fully saturated rings. The number of benzene rings is 1. The first-order valence-electron chi connectivity index (χ1n) is 7.61. The van der Waals surface area contributed by atoms with Crippen LogP contribution in [0.4, 0.5) is 0 Å². The van der Waals surface area contributed by atoms with E-state index < -0.39 is 0 Å². The van der Waals surface area contributed by atoms with Crippen LogP contribution in [0, 0.1) is 6.92 Å². The molecule has 1 heterocycles. The second-order valence-electron chi connectivity index (χ2n) is 5.93. The summed E-state index contributed by atoms with van der Waals surface area (Å²) in [5, 5.41) is 3.63. The molecule has 1 N–H and O–H groups in total. The normalized spacial score (nSPS) is 26.5.